The number of carbonyl (C=O) groups excluding carboxylic acids is 2. The maximum atomic E-state index is 11.0. The number of carboxylic acid groups (broad SMARTS) is 1. The predicted octanol–water partition coefficient (Wildman–Crippen LogP) is 2.88. The third-order valence-electron chi connectivity index (χ3n) is 1.69. The molecule has 0 unspecified atom stereocenters. The molecule has 0 rings (SSSR count). The average Bonchev–Trinajstić information content (AvgIpc) is 2.25. The highest BCUT2D eigenvalue weighted by Crippen LogP contribution is 2.09. The Balaban J connectivity index is -0.000000334. The molecular formula is C15H31NO5. The highest BCUT2D eigenvalue weighted by Gasteiger charge is 2.15. The van der Waals surface area contributed by atoms with E-state index in [1.807, 2.05) is 0 Å². The van der Waals surface area contributed by atoms with Crippen LogP contribution in [0.1, 0.15) is 73.6 Å². The van der Waals surface area contributed by atoms with Crippen LogP contribution in [0.4, 0.5) is 0 Å². The second-order valence-electron chi connectivity index (χ2n) is 5.44. The molecule has 0 aliphatic heterocycles. The van der Waals surface area contributed by atoms with Gasteiger partial charge in [0.15, 0.2) is 0 Å². The molecule has 0 heterocycles. The van der Waals surface area contributed by atoms with Gasteiger partial charge in [-0.15, -0.1) is 0 Å². The van der Waals surface area contributed by atoms with Gasteiger partial charge in [-0.1, -0.05) is 26.7 Å². The molecule has 0 fully saturated rings. The van der Waals surface area contributed by atoms with E-state index < -0.39 is 11.6 Å². The first kappa shape index (κ1) is 24.4. The maximum absolute atomic E-state index is 11.0. The zero-order valence-electron chi connectivity index (χ0n) is 14.2. The Kier molecular flexibility index (Phi) is 17.2. The van der Waals surface area contributed by atoms with Crippen molar-refractivity contribution in [3.05, 3.63) is 0 Å². The fraction of sp³-hybridized carbons (Fsp3) is 0.800. The van der Waals surface area contributed by atoms with Crippen molar-refractivity contribution in [1.82, 2.24) is 0 Å². The van der Waals surface area contributed by atoms with Gasteiger partial charge in [0.05, 0.1) is 0 Å². The summed E-state index contributed by atoms with van der Waals surface area (Å²) in [5.41, 5.74) is 3.99. The van der Waals surface area contributed by atoms with Crippen LogP contribution in [0.15, 0.2) is 0 Å². The molecule has 0 aromatic rings. The molecule has 3 N–H and O–H groups in total. The van der Waals surface area contributed by atoms with Crippen molar-refractivity contribution in [2.75, 3.05) is 0 Å². The highest BCUT2D eigenvalue weighted by molar-refractivity contribution is 5.71. The van der Waals surface area contributed by atoms with E-state index in [-0.39, 0.29) is 24.7 Å². The van der Waals surface area contributed by atoms with Gasteiger partial charge in [-0.2, -0.15) is 0 Å². The number of carbonyl (C=O) groups is 3. The number of amides is 1. The van der Waals surface area contributed by atoms with Crippen LogP contribution in [0.3, 0.4) is 0 Å². The van der Waals surface area contributed by atoms with Crippen molar-refractivity contribution >= 4 is 17.8 Å². The van der Waals surface area contributed by atoms with Crippen LogP contribution in [-0.4, -0.2) is 28.6 Å². The monoisotopic (exact) mass is 305 g/mol. The summed E-state index contributed by atoms with van der Waals surface area (Å²) >= 11 is 0. The lowest BCUT2D eigenvalue weighted by atomic mass is 10.2. The SMILES string of the molecule is CC(C)(C)OC(=O)CCCC(=O)O.CC(N)=O.CCCC. The Bertz CT molecular complexity index is 289. The van der Waals surface area contributed by atoms with Crippen molar-refractivity contribution in [2.24, 2.45) is 5.73 Å². The van der Waals surface area contributed by atoms with Crippen LogP contribution >= 0.6 is 0 Å². The Morgan fingerprint density at radius 2 is 1.43 bits per heavy atom. The van der Waals surface area contributed by atoms with Gasteiger partial charge in [-0.3, -0.25) is 14.4 Å². The summed E-state index contributed by atoms with van der Waals surface area (Å²) in [4.78, 5) is 30.4. The summed E-state index contributed by atoms with van der Waals surface area (Å²) in [6.07, 6.45) is 3.16. The smallest absolute Gasteiger partial charge is 0.306 e. The number of carboxylic acids is 1. The van der Waals surface area contributed by atoms with E-state index in [9.17, 15) is 14.4 Å². The third-order valence-corrected chi connectivity index (χ3v) is 1.69. The number of esters is 1. The van der Waals surface area contributed by atoms with Gasteiger partial charge in [0.25, 0.3) is 0 Å². The van der Waals surface area contributed by atoms with Gasteiger partial charge in [-0.25, -0.2) is 0 Å². The standard InChI is InChI=1S/C9H16O4.C4H10.C2H5NO/c1-9(2,3)13-8(12)6-4-5-7(10)11;1-3-4-2;1-2(3)4/h4-6H2,1-3H3,(H,10,11);3-4H2,1-2H3;1H3,(H2,3,4). The van der Waals surface area contributed by atoms with Crippen LogP contribution in [0, 0.1) is 0 Å². The van der Waals surface area contributed by atoms with Gasteiger partial charge in [0.1, 0.15) is 5.60 Å². The minimum Gasteiger partial charge on any atom is -0.481 e. The maximum Gasteiger partial charge on any atom is 0.306 e. The number of primary amides is 1. The molecule has 0 spiro atoms. The second kappa shape index (κ2) is 14.8. The first-order chi connectivity index (χ1) is 9.46. The quantitative estimate of drug-likeness (QED) is 0.759. The average molecular weight is 305 g/mol. The second-order valence-corrected chi connectivity index (χ2v) is 5.44. The van der Waals surface area contributed by atoms with Crippen LogP contribution < -0.4 is 5.73 Å². The number of nitrogens with two attached hydrogens (primary N) is 1. The lowest BCUT2D eigenvalue weighted by Gasteiger charge is -2.19. The first-order valence-electron chi connectivity index (χ1n) is 7.15. The first-order valence-corrected chi connectivity index (χ1v) is 7.15. The molecule has 0 radical (unpaired) electrons. The van der Waals surface area contributed by atoms with E-state index in [0.29, 0.717) is 6.42 Å². The molecule has 0 saturated carbocycles. The predicted molar refractivity (Wildman–Crippen MR) is 82.8 cm³/mol. The zero-order valence-corrected chi connectivity index (χ0v) is 14.2. The van der Waals surface area contributed by atoms with Gasteiger partial charge in [-0.05, 0) is 27.2 Å². The third kappa shape index (κ3) is 45.7. The Hall–Kier alpha value is -1.59. The number of ether oxygens (including phenoxy) is 1. The molecule has 0 aliphatic rings. The number of rotatable bonds is 5. The van der Waals surface area contributed by atoms with E-state index in [2.05, 4.69) is 19.6 Å². The molecule has 6 heteroatoms. The van der Waals surface area contributed by atoms with E-state index in [4.69, 9.17) is 9.84 Å². The van der Waals surface area contributed by atoms with E-state index >= 15 is 0 Å². The van der Waals surface area contributed by atoms with E-state index in [0.717, 1.165) is 0 Å². The Labute approximate surface area is 128 Å². The highest BCUT2D eigenvalue weighted by atomic mass is 16.6. The molecule has 6 nitrogen and oxygen atoms in total. The van der Waals surface area contributed by atoms with Crippen LogP contribution in [0.25, 0.3) is 0 Å². The van der Waals surface area contributed by atoms with Crippen molar-refractivity contribution in [3.8, 4) is 0 Å². The van der Waals surface area contributed by atoms with Crippen LogP contribution in [-0.2, 0) is 19.1 Å². The number of unbranched alkanes of at least 4 members (excludes halogenated alkanes) is 1. The van der Waals surface area contributed by atoms with Gasteiger partial charge >= 0.3 is 11.9 Å². The topological polar surface area (TPSA) is 107 Å². The fourth-order valence-electron chi connectivity index (χ4n) is 0.776. The summed E-state index contributed by atoms with van der Waals surface area (Å²) in [5.74, 6) is -1.56. The number of aliphatic carboxylic acids is 1. The van der Waals surface area contributed by atoms with Gasteiger partial charge in [0.2, 0.25) is 5.91 Å². The summed E-state index contributed by atoms with van der Waals surface area (Å²) in [7, 11) is 0. The van der Waals surface area contributed by atoms with Gasteiger partial charge < -0.3 is 15.6 Å². The largest absolute Gasteiger partial charge is 0.481 e. The molecule has 0 aromatic carbocycles. The van der Waals surface area contributed by atoms with Gasteiger partial charge in [0, 0.05) is 19.8 Å². The van der Waals surface area contributed by atoms with Crippen LogP contribution in [0.2, 0.25) is 0 Å². The van der Waals surface area contributed by atoms with E-state index in [1.54, 1.807) is 20.8 Å². The van der Waals surface area contributed by atoms with Crippen molar-refractivity contribution in [3.63, 3.8) is 0 Å². The summed E-state index contributed by atoms with van der Waals surface area (Å²) < 4.78 is 4.99. The Morgan fingerprint density at radius 1 is 1.05 bits per heavy atom. The minimum absolute atomic E-state index is 0.0131. The molecule has 126 valence electrons. The Morgan fingerprint density at radius 3 is 1.67 bits per heavy atom. The van der Waals surface area contributed by atoms with Crippen molar-refractivity contribution in [1.29, 1.82) is 0 Å². The number of hydrogen-bond donors (Lipinski definition) is 2. The number of hydrogen-bond acceptors (Lipinski definition) is 4. The summed E-state index contributed by atoms with van der Waals surface area (Å²) in [6.45, 7) is 11.0. The molecule has 0 aliphatic carbocycles. The summed E-state index contributed by atoms with van der Waals surface area (Å²) in [6, 6.07) is 0. The van der Waals surface area contributed by atoms with Crippen molar-refractivity contribution < 1.29 is 24.2 Å². The molecular weight excluding hydrogens is 274 g/mol. The minimum atomic E-state index is -0.886. The molecule has 0 saturated heterocycles. The molecule has 0 bridgehead atoms. The lowest BCUT2D eigenvalue weighted by Crippen LogP contribution is -2.23. The van der Waals surface area contributed by atoms with E-state index in [1.165, 1.54) is 19.8 Å². The molecule has 0 atom stereocenters. The normalized spacial score (nSPS) is 9.43. The molecule has 1 amide bonds. The lowest BCUT2D eigenvalue weighted by molar-refractivity contribution is -0.155. The molecule has 0 aromatic heterocycles. The fourth-order valence-corrected chi connectivity index (χ4v) is 0.776. The molecule has 21 heavy (non-hydrogen) atoms. The van der Waals surface area contributed by atoms with Crippen LogP contribution in [0.5, 0.6) is 0 Å². The zero-order chi connectivity index (χ0) is 17.5. The summed E-state index contributed by atoms with van der Waals surface area (Å²) in [5, 5.41) is 8.31. The van der Waals surface area contributed by atoms with Crippen molar-refractivity contribution in [2.45, 2.75) is 79.2 Å².